The van der Waals surface area contributed by atoms with Gasteiger partial charge in [-0.15, -0.1) is 0 Å². The zero-order valence-electron chi connectivity index (χ0n) is 11.6. The molecular formula is C16H17Br2NO2. The first kappa shape index (κ1) is 15.2. The molecule has 0 bridgehead atoms. The molecule has 1 aromatic carbocycles. The first-order chi connectivity index (χ1) is 10.1. The minimum absolute atomic E-state index is 0.0385. The summed E-state index contributed by atoms with van der Waals surface area (Å²) < 4.78 is 1.74. The largest absolute Gasteiger partial charge is 0.335 e. The van der Waals surface area contributed by atoms with Gasteiger partial charge in [0, 0.05) is 33.9 Å². The summed E-state index contributed by atoms with van der Waals surface area (Å²) in [6.07, 6.45) is 4.55. The molecule has 5 heteroatoms. The Morgan fingerprint density at radius 2 is 2.00 bits per heavy atom. The highest BCUT2D eigenvalue weighted by atomic mass is 79.9. The molecule has 2 unspecified atom stereocenters. The van der Waals surface area contributed by atoms with Gasteiger partial charge in [0.15, 0.2) is 0 Å². The lowest BCUT2D eigenvalue weighted by molar-refractivity contribution is -0.121. The molecule has 2 atom stereocenters. The van der Waals surface area contributed by atoms with Crippen LogP contribution in [0.4, 0.5) is 0 Å². The van der Waals surface area contributed by atoms with Gasteiger partial charge in [-0.25, -0.2) is 0 Å². The van der Waals surface area contributed by atoms with Gasteiger partial charge in [-0.1, -0.05) is 15.9 Å². The van der Waals surface area contributed by atoms with E-state index in [4.69, 9.17) is 0 Å². The molecule has 1 aromatic rings. The molecule has 112 valence electrons. The molecule has 1 amide bonds. The molecule has 1 aliphatic carbocycles. The van der Waals surface area contributed by atoms with Crippen molar-refractivity contribution in [1.29, 1.82) is 0 Å². The lowest BCUT2D eigenvalue weighted by atomic mass is 9.94. The van der Waals surface area contributed by atoms with Gasteiger partial charge in [0.1, 0.15) is 5.78 Å². The summed E-state index contributed by atoms with van der Waals surface area (Å²) in [6, 6.07) is 5.70. The van der Waals surface area contributed by atoms with Gasteiger partial charge in [-0.05, 0) is 59.8 Å². The van der Waals surface area contributed by atoms with Crippen molar-refractivity contribution in [2.45, 2.75) is 38.1 Å². The molecule has 1 aliphatic heterocycles. The highest BCUT2D eigenvalue weighted by Crippen LogP contribution is 2.35. The molecule has 2 fully saturated rings. The average molecular weight is 415 g/mol. The molecule has 2 aliphatic rings. The van der Waals surface area contributed by atoms with Gasteiger partial charge in [-0.3, -0.25) is 9.59 Å². The Kier molecular flexibility index (Phi) is 4.50. The van der Waals surface area contributed by atoms with Crippen molar-refractivity contribution in [2.24, 2.45) is 5.92 Å². The number of Topliss-reactive ketones (excluding diaryl/α,β-unsaturated/α-hetero) is 1. The van der Waals surface area contributed by atoms with E-state index in [0.717, 1.165) is 41.2 Å². The van der Waals surface area contributed by atoms with E-state index in [0.29, 0.717) is 17.8 Å². The minimum atomic E-state index is 0.0385. The summed E-state index contributed by atoms with van der Waals surface area (Å²) >= 11 is 6.87. The quantitative estimate of drug-likeness (QED) is 0.727. The molecule has 3 nitrogen and oxygen atoms in total. The lowest BCUT2D eigenvalue weighted by Crippen LogP contribution is -2.41. The maximum absolute atomic E-state index is 12.8. The summed E-state index contributed by atoms with van der Waals surface area (Å²) in [4.78, 5) is 26.8. The van der Waals surface area contributed by atoms with Crippen LogP contribution in [0.2, 0.25) is 0 Å². The predicted molar refractivity (Wildman–Crippen MR) is 88.2 cm³/mol. The molecule has 1 saturated heterocycles. The SMILES string of the molecule is O=C1CCCC1C1CCCN1C(=O)c1ccc(Br)cc1Br. The van der Waals surface area contributed by atoms with Crippen molar-refractivity contribution in [3.63, 3.8) is 0 Å². The summed E-state index contributed by atoms with van der Waals surface area (Å²) in [7, 11) is 0. The van der Waals surface area contributed by atoms with E-state index >= 15 is 0 Å². The van der Waals surface area contributed by atoms with Crippen molar-refractivity contribution in [1.82, 2.24) is 4.90 Å². The second kappa shape index (κ2) is 6.21. The first-order valence-electron chi connectivity index (χ1n) is 7.36. The molecule has 0 radical (unpaired) electrons. The summed E-state index contributed by atoms with van der Waals surface area (Å²) in [5, 5.41) is 0. The fraction of sp³-hybridized carbons (Fsp3) is 0.500. The molecule has 0 N–H and O–H groups in total. The van der Waals surface area contributed by atoms with Crippen LogP contribution in [0, 0.1) is 5.92 Å². The van der Waals surface area contributed by atoms with Crippen molar-refractivity contribution >= 4 is 43.6 Å². The number of benzene rings is 1. The van der Waals surface area contributed by atoms with E-state index in [-0.39, 0.29) is 17.9 Å². The fourth-order valence-corrected chi connectivity index (χ4v) is 4.75. The number of carbonyl (C=O) groups is 2. The van der Waals surface area contributed by atoms with E-state index in [1.54, 1.807) is 0 Å². The summed E-state index contributed by atoms with van der Waals surface area (Å²) in [5.41, 5.74) is 0.676. The molecule has 3 rings (SSSR count). The Labute approximate surface area is 141 Å². The van der Waals surface area contributed by atoms with E-state index in [9.17, 15) is 9.59 Å². The van der Waals surface area contributed by atoms with Crippen LogP contribution in [0.25, 0.3) is 0 Å². The van der Waals surface area contributed by atoms with Crippen LogP contribution in [-0.4, -0.2) is 29.2 Å². The van der Waals surface area contributed by atoms with Crippen molar-refractivity contribution in [2.75, 3.05) is 6.54 Å². The number of nitrogens with zero attached hydrogens (tertiary/aromatic N) is 1. The Balaban J connectivity index is 1.84. The molecule has 0 spiro atoms. The van der Waals surface area contributed by atoms with Crippen molar-refractivity contribution in [3.8, 4) is 0 Å². The molecule has 1 saturated carbocycles. The average Bonchev–Trinajstić information content (AvgIpc) is 3.06. The lowest BCUT2D eigenvalue weighted by Gasteiger charge is -2.29. The molecule has 0 aromatic heterocycles. The zero-order chi connectivity index (χ0) is 15.0. The fourth-order valence-electron chi connectivity index (χ4n) is 3.53. The van der Waals surface area contributed by atoms with E-state index < -0.39 is 0 Å². The maximum Gasteiger partial charge on any atom is 0.255 e. The van der Waals surface area contributed by atoms with Crippen LogP contribution in [0.15, 0.2) is 27.1 Å². The number of hydrogen-bond donors (Lipinski definition) is 0. The number of ketones is 1. The number of hydrogen-bond acceptors (Lipinski definition) is 2. The third kappa shape index (κ3) is 2.95. The number of halogens is 2. The van der Waals surface area contributed by atoms with Crippen LogP contribution >= 0.6 is 31.9 Å². The Bertz CT molecular complexity index is 588. The highest BCUT2D eigenvalue weighted by Gasteiger charge is 2.40. The summed E-state index contributed by atoms with van der Waals surface area (Å²) in [6.45, 7) is 0.760. The van der Waals surface area contributed by atoms with Gasteiger partial charge in [0.05, 0.1) is 5.56 Å². The van der Waals surface area contributed by atoms with Gasteiger partial charge < -0.3 is 4.90 Å². The first-order valence-corrected chi connectivity index (χ1v) is 8.95. The number of carbonyl (C=O) groups excluding carboxylic acids is 2. The van der Waals surface area contributed by atoms with Gasteiger partial charge in [0.2, 0.25) is 0 Å². The number of rotatable bonds is 2. The van der Waals surface area contributed by atoms with Crippen LogP contribution in [-0.2, 0) is 4.79 Å². The molecule has 1 heterocycles. The Morgan fingerprint density at radius 1 is 1.19 bits per heavy atom. The summed E-state index contributed by atoms with van der Waals surface area (Å²) in [5.74, 6) is 0.442. The van der Waals surface area contributed by atoms with E-state index in [2.05, 4.69) is 31.9 Å². The number of likely N-dealkylation sites (tertiary alicyclic amines) is 1. The molecular weight excluding hydrogens is 398 g/mol. The Morgan fingerprint density at radius 3 is 2.67 bits per heavy atom. The normalized spacial score (nSPS) is 25.6. The third-order valence-electron chi connectivity index (χ3n) is 4.54. The van der Waals surface area contributed by atoms with Crippen molar-refractivity contribution < 1.29 is 9.59 Å². The monoisotopic (exact) mass is 413 g/mol. The minimum Gasteiger partial charge on any atom is -0.335 e. The number of amides is 1. The van der Waals surface area contributed by atoms with Crippen LogP contribution in [0.3, 0.4) is 0 Å². The molecule has 21 heavy (non-hydrogen) atoms. The van der Waals surface area contributed by atoms with Crippen LogP contribution < -0.4 is 0 Å². The van der Waals surface area contributed by atoms with Gasteiger partial charge in [0.25, 0.3) is 5.91 Å². The predicted octanol–water partition coefficient (Wildman–Crippen LogP) is 4.19. The van der Waals surface area contributed by atoms with Crippen molar-refractivity contribution in [3.05, 3.63) is 32.7 Å². The van der Waals surface area contributed by atoms with Gasteiger partial charge >= 0.3 is 0 Å². The smallest absolute Gasteiger partial charge is 0.255 e. The zero-order valence-corrected chi connectivity index (χ0v) is 14.8. The second-order valence-electron chi connectivity index (χ2n) is 5.80. The highest BCUT2D eigenvalue weighted by molar-refractivity contribution is 9.11. The Hall–Kier alpha value is -0.680. The van der Waals surface area contributed by atoms with Crippen LogP contribution in [0.1, 0.15) is 42.5 Å². The van der Waals surface area contributed by atoms with Gasteiger partial charge in [-0.2, -0.15) is 0 Å². The second-order valence-corrected chi connectivity index (χ2v) is 7.57. The van der Waals surface area contributed by atoms with Crippen LogP contribution in [0.5, 0.6) is 0 Å². The third-order valence-corrected chi connectivity index (χ3v) is 5.69. The van der Waals surface area contributed by atoms with E-state index in [1.807, 2.05) is 23.1 Å². The topological polar surface area (TPSA) is 37.4 Å². The standard InChI is InChI=1S/C16H17Br2NO2/c17-10-6-7-11(13(18)9-10)16(21)19-8-2-4-14(19)12-3-1-5-15(12)20/h6-7,9,12,14H,1-5,8H2. The maximum atomic E-state index is 12.8. The van der Waals surface area contributed by atoms with E-state index in [1.165, 1.54) is 0 Å².